The molecule has 118 valence electrons. The Balaban J connectivity index is 2.32. The van der Waals surface area contributed by atoms with Gasteiger partial charge in [-0.15, -0.1) is 4.83 Å². The van der Waals surface area contributed by atoms with Crippen molar-refractivity contribution < 1.29 is 8.42 Å². The fourth-order valence-electron chi connectivity index (χ4n) is 2.75. The minimum absolute atomic E-state index is 0.175. The van der Waals surface area contributed by atoms with Crippen molar-refractivity contribution >= 4 is 27.3 Å². The van der Waals surface area contributed by atoms with Gasteiger partial charge in [0.2, 0.25) is 0 Å². The van der Waals surface area contributed by atoms with E-state index in [2.05, 4.69) is 4.83 Å². The fourth-order valence-corrected chi connectivity index (χ4v) is 4.47. The number of nitrogen functional groups attached to an aromatic ring is 1. The van der Waals surface area contributed by atoms with Gasteiger partial charge in [0.15, 0.2) is 0 Å². The van der Waals surface area contributed by atoms with Gasteiger partial charge in [0, 0.05) is 12.1 Å². The molecular formula is C14H22ClN3O2S. The van der Waals surface area contributed by atoms with E-state index in [-0.39, 0.29) is 22.7 Å². The fraction of sp³-hybridized carbons (Fsp3) is 0.571. The molecule has 2 atom stereocenters. The van der Waals surface area contributed by atoms with Gasteiger partial charge in [-0.05, 0) is 51.3 Å². The number of hydrogen-bond acceptors (Lipinski definition) is 4. The summed E-state index contributed by atoms with van der Waals surface area (Å²) in [6.45, 7) is 5.77. The van der Waals surface area contributed by atoms with Crippen molar-refractivity contribution in [2.75, 3.05) is 5.73 Å². The van der Waals surface area contributed by atoms with Gasteiger partial charge in [-0.3, -0.25) is 0 Å². The van der Waals surface area contributed by atoms with Crippen molar-refractivity contribution in [1.29, 1.82) is 0 Å². The van der Waals surface area contributed by atoms with E-state index in [4.69, 9.17) is 17.3 Å². The van der Waals surface area contributed by atoms with E-state index in [1.54, 1.807) is 13.0 Å². The zero-order valence-electron chi connectivity index (χ0n) is 12.6. The van der Waals surface area contributed by atoms with Gasteiger partial charge in [-0.25, -0.2) is 13.4 Å². The number of nitrogens with two attached hydrogens (primary N) is 1. The summed E-state index contributed by atoms with van der Waals surface area (Å²) in [6, 6.07) is 3.34. The molecule has 0 radical (unpaired) electrons. The molecule has 0 aliphatic carbocycles. The molecule has 0 spiro atoms. The van der Waals surface area contributed by atoms with Crippen LogP contribution >= 0.6 is 11.6 Å². The molecule has 0 aromatic heterocycles. The first-order valence-corrected chi connectivity index (χ1v) is 8.95. The Kier molecular flexibility index (Phi) is 4.82. The molecule has 2 rings (SSSR count). The van der Waals surface area contributed by atoms with Crippen LogP contribution in [0.2, 0.25) is 5.02 Å². The largest absolute Gasteiger partial charge is 0.397 e. The minimum atomic E-state index is -3.66. The molecule has 1 heterocycles. The van der Waals surface area contributed by atoms with E-state index in [1.807, 2.05) is 18.9 Å². The Morgan fingerprint density at radius 3 is 2.43 bits per heavy atom. The highest BCUT2D eigenvalue weighted by Gasteiger charge is 2.30. The van der Waals surface area contributed by atoms with E-state index in [0.29, 0.717) is 10.6 Å². The third-order valence-electron chi connectivity index (χ3n) is 4.00. The first kappa shape index (κ1) is 16.5. The molecular weight excluding hydrogens is 310 g/mol. The van der Waals surface area contributed by atoms with E-state index in [0.717, 1.165) is 19.3 Å². The van der Waals surface area contributed by atoms with Crippen LogP contribution in [0.25, 0.3) is 0 Å². The van der Waals surface area contributed by atoms with Crippen molar-refractivity contribution in [3.8, 4) is 0 Å². The number of nitrogens with one attached hydrogen (secondary N) is 1. The van der Waals surface area contributed by atoms with Crippen molar-refractivity contribution in [2.45, 2.75) is 57.0 Å². The molecule has 0 saturated carbocycles. The molecule has 1 fully saturated rings. The third kappa shape index (κ3) is 3.51. The van der Waals surface area contributed by atoms with Crippen LogP contribution in [0.5, 0.6) is 0 Å². The molecule has 5 nitrogen and oxygen atoms in total. The number of sulfonamides is 1. The highest BCUT2D eigenvalue weighted by Crippen LogP contribution is 2.27. The number of aryl methyl sites for hydroxylation is 1. The van der Waals surface area contributed by atoms with Crippen LogP contribution < -0.4 is 10.6 Å². The van der Waals surface area contributed by atoms with Crippen LogP contribution in [0, 0.1) is 6.92 Å². The van der Waals surface area contributed by atoms with E-state index in [9.17, 15) is 8.42 Å². The van der Waals surface area contributed by atoms with Gasteiger partial charge < -0.3 is 5.73 Å². The SMILES string of the molecule is Cc1cc(Cl)c(N)cc1S(=O)(=O)NN1C(C)CCCC1C. The summed E-state index contributed by atoms with van der Waals surface area (Å²) < 4.78 is 25.2. The summed E-state index contributed by atoms with van der Waals surface area (Å²) in [5.41, 5.74) is 6.58. The number of nitrogens with zero attached hydrogens (tertiary/aromatic N) is 1. The zero-order valence-corrected chi connectivity index (χ0v) is 14.1. The molecule has 21 heavy (non-hydrogen) atoms. The van der Waals surface area contributed by atoms with Crippen molar-refractivity contribution in [2.24, 2.45) is 0 Å². The monoisotopic (exact) mass is 331 g/mol. The maximum atomic E-state index is 12.6. The van der Waals surface area contributed by atoms with Gasteiger partial charge in [0.05, 0.1) is 15.6 Å². The van der Waals surface area contributed by atoms with Gasteiger partial charge in [0.1, 0.15) is 0 Å². The number of rotatable bonds is 3. The van der Waals surface area contributed by atoms with Gasteiger partial charge in [-0.1, -0.05) is 18.0 Å². The quantitative estimate of drug-likeness (QED) is 0.835. The molecule has 1 aliphatic rings. The Bertz CT molecular complexity index is 623. The van der Waals surface area contributed by atoms with Crippen LogP contribution in [-0.2, 0) is 10.0 Å². The summed E-state index contributed by atoms with van der Waals surface area (Å²) >= 11 is 5.92. The first-order chi connectivity index (χ1) is 9.72. The molecule has 1 saturated heterocycles. The molecule has 2 unspecified atom stereocenters. The molecule has 3 N–H and O–H groups in total. The zero-order chi connectivity index (χ0) is 15.8. The lowest BCUT2D eigenvalue weighted by Crippen LogP contribution is -2.54. The summed E-state index contributed by atoms with van der Waals surface area (Å²) in [5.74, 6) is 0. The number of hydrazine groups is 1. The molecule has 1 aromatic carbocycles. The highest BCUT2D eigenvalue weighted by molar-refractivity contribution is 7.89. The molecule has 7 heteroatoms. The summed E-state index contributed by atoms with van der Waals surface area (Å²) in [6.07, 6.45) is 3.08. The van der Waals surface area contributed by atoms with Crippen molar-refractivity contribution in [3.63, 3.8) is 0 Å². The van der Waals surface area contributed by atoms with Crippen molar-refractivity contribution in [1.82, 2.24) is 9.84 Å². The standard InChI is InChI=1S/C14H22ClN3O2S/c1-9-7-12(15)13(16)8-14(9)21(19,20)17-18-10(2)5-4-6-11(18)3/h7-8,10-11,17H,4-6,16H2,1-3H3. The third-order valence-corrected chi connectivity index (χ3v) is 5.80. The van der Waals surface area contributed by atoms with Crippen molar-refractivity contribution in [3.05, 3.63) is 22.7 Å². The summed E-state index contributed by atoms with van der Waals surface area (Å²) in [7, 11) is -3.66. The second-order valence-corrected chi connectivity index (χ2v) is 7.81. The normalized spacial score (nSPS) is 24.2. The second kappa shape index (κ2) is 6.12. The average Bonchev–Trinajstić information content (AvgIpc) is 2.38. The topological polar surface area (TPSA) is 75.4 Å². The average molecular weight is 332 g/mol. The predicted octanol–water partition coefficient (Wildman–Crippen LogP) is 2.69. The number of anilines is 1. The van der Waals surface area contributed by atoms with Crippen LogP contribution in [0.1, 0.15) is 38.7 Å². The van der Waals surface area contributed by atoms with Crippen LogP contribution in [-0.4, -0.2) is 25.5 Å². The molecule has 0 amide bonds. The minimum Gasteiger partial charge on any atom is -0.397 e. The lowest BCUT2D eigenvalue weighted by Gasteiger charge is -2.38. The Labute approximate surface area is 131 Å². The number of halogens is 1. The van der Waals surface area contributed by atoms with Crippen LogP contribution in [0.15, 0.2) is 17.0 Å². The number of hydrogen-bond donors (Lipinski definition) is 2. The van der Waals surface area contributed by atoms with Gasteiger partial charge >= 0.3 is 0 Å². The van der Waals surface area contributed by atoms with E-state index >= 15 is 0 Å². The van der Waals surface area contributed by atoms with Gasteiger partial charge in [-0.2, -0.15) is 0 Å². The van der Waals surface area contributed by atoms with Crippen LogP contribution in [0.4, 0.5) is 5.69 Å². The molecule has 1 aliphatic heterocycles. The Hall–Kier alpha value is -0.820. The predicted molar refractivity (Wildman–Crippen MR) is 85.5 cm³/mol. The van der Waals surface area contributed by atoms with E-state index in [1.165, 1.54) is 6.07 Å². The Morgan fingerprint density at radius 1 is 1.29 bits per heavy atom. The Morgan fingerprint density at radius 2 is 1.86 bits per heavy atom. The molecule has 1 aromatic rings. The molecule has 0 bridgehead atoms. The number of benzene rings is 1. The highest BCUT2D eigenvalue weighted by atomic mass is 35.5. The smallest absolute Gasteiger partial charge is 0.253 e. The first-order valence-electron chi connectivity index (χ1n) is 7.09. The second-order valence-electron chi connectivity index (χ2n) is 5.77. The maximum Gasteiger partial charge on any atom is 0.253 e. The number of piperidine rings is 1. The summed E-state index contributed by atoms with van der Waals surface area (Å²) in [5, 5.41) is 2.19. The lowest BCUT2D eigenvalue weighted by atomic mass is 10.0. The maximum absolute atomic E-state index is 12.6. The lowest BCUT2D eigenvalue weighted by molar-refractivity contribution is 0.0790. The van der Waals surface area contributed by atoms with Gasteiger partial charge in [0.25, 0.3) is 10.0 Å². The summed E-state index contributed by atoms with van der Waals surface area (Å²) in [4.78, 5) is 2.88. The van der Waals surface area contributed by atoms with E-state index < -0.39 is 10.0 Å². The van der Waals surface area contributed by atoms with Crippen LogP contribution in [0.3, 0.4) is 0 Å².